The minimum atomic E-state index is -0.0611. The highest BCUT2D eigenvalue weighted by molar-refractivity contribution is 7.21. The topological polar surface area (TPSA) is 54.5 Å². The van der Waals surface area contributed by atoms with E-state index < -0.39 is 0 Å². The van der Waals surface area contributed by atoms with Gasteiger partial charge in [-0.15, -0.1) is 22.7 Å². The zero-order valence-corrected chi connectivity index (χ0v) is 16.7. The average molecular weight is 400 g/mol. The summed E-state index contributed by atoms with van der Waals surface area (Å²) >= 11 is 3.32. The van der Waals surface area contributed by atoms with Gasteiger partial charge in [0, 0.05) is 29.2 Å². The van der Waals surface area contributed by atoms with Crippen LogP contribution < -0.4 is 10.2 Å². The van der Waals surface area contributed by atoms with Gasteiger partial charge in [-0.1, -0.05) is 6.07 Å². The number of carbonyl (C=O) groups is 1. The number of aromatic nitrogens is 1. The van der Waals surface area contributed by atoms with E-state index in [4.69, 9.17) is 4.74 Å². The predicted octanol–water partition coefficient (Wildman–Crippen LogP) is 3.95. The SMILES string of the molecule is Cc1nc(-c2cccs2)sc1CNC(=O)c1ccc(N2CCOCC2)cc1. The number of hydrogen-bond donors (Lipinski definition) is 1. The fourth-order valence-corrected chi connectivity index (χ4v) is 4.80. The van der Waals surface area contributed by atoms with Gasteiger partial charge in [-0.05, 0) is 42.6 Å². The van der Waals surface area contributed by atoms with Crippen molar-refractivity contribution in [2.75, 3.05) is 31.2 Å². The lowest BCUT2D eigenvalue weighted by molar-refractivity contribution is 0.0951. The van der Waals surface area contributed by atoms with Gasteiger partial charge in [-0.3, -0.25) is 4.79 Å². The third-order valence-corrected chi connectivity index (χ3v) is 6.74. The molecule has 140 valence electrons. The summed E-state index contributed by atoms with van der Waals surface area (Å²) in [6, 6.07) is 11.9. The van der Waals surface area contributed by atoms with Crippen LogP contribution >= 0.6 is 22.7 Å². The standard InChI is InChI=1S/C20H21N3O2S2/c1-14-18(27-20(22-14)17-3-2-12-26-17)13-21-19(24)15-4-6-16(7-5-15)23-8-10-25-11-9-23/h2-7,12H,8-11,13H2,1H3,(H,21,24). The van der Waals surface area contributed by atoms with Crippen LogP contribution in [-0.2, 0) is 11.3 Å². The molecule has 3 aromatic rings. The first-order valence-corrected chi connectivity index (χ1v) is 10.6. The summed E-state index contributed by atoms with van der Waals surface area (Å²) in [6.45, 7) is 5.78. The van der Waals surface area contributed by atoms with Gasteiger partial charge in [0.2, 0.25) is 0 Å². The molecular weight excluding hydrogens is 378 g/mol. The monoisotopic (exact) mass is 399 g/mol. The predicted molar refractivity (Wildman–Crippen MR) is 111 cm³/mol. The Labute approximate surface area is 166 Å². The van der Waals surface area contributed by atoms with E-state index in [9.17, 15) is 4.79 Å². The Balaban J connectivity index is 1.38. The lowest BCUT2D eigenvalue weighted by atomic mass is 10.1. The molecule has 0 unspecified atom stereocenters. The Kier molecular flexibility index (Phi) is 5.52. The summed E-state index contributed by atoms with van der Waals surface area (Å²) in [5.41, 5.74) is 2.78. The minimum Gasteiger partial charge on any atom is -0.378 e. The Morgan fingerprint density at radius 1 is 1.22 bits per heavy atom. The number of ether oxygens (including phenoxy) is 1. The Bertz CT molecular complexity index is 898. The summed E-state index contributed by atoms with van der Waals surface area (Å²) in [4.78, 5) is 21.7. The van der Waals surface area contributed by atoms with Gasteiger partial charge >= 0.3 is 0 Å². The van der Waals surface area contributed by atoms with Crippen LogP contribution in [0.15, 0.2) is 41.8 Å². The van der Waals surface area contributed by atoms with Crippen molar-refractivity contribution >= 4 is 34.3 Å². The summed E-state index contributed by atoms with van der Waals surface area (Å²) in [5, 5.41) is 6.08. The number of carbonyl (C=O) groups excluding carboxylic acids is 1. The van der Waals surface area contributed by atoms with Crippen LogP contribution in [-0.4, -0.2) is 37.2 Å². The lowest BCUT2D eigenvalue weighted by Gasteiger charge is -2.28. The number of hydrogen-bond acceptors (Lipinski definition) is 6. The molecule has 2 aromatic heterocycles. The van der Waals surface area contributed by atoms with Gasteiger partial charge in [-0.25, -0.2) is 4.98 Å². The molecule has 1 N–H and O–H groups in total. The molecule has 1 saturated heterocycles. The summed E-state index contributed by atoms with van der Waals surface area (Å²) in [7, 11) is 0. The molecular formula is C20H21N3O2S2. The van der Waals surface area contributed by atoms with Gasteiger partial charge in [0.15, 0.2) is 0 Å². The number of nitrogens with zero attached hydrogens (tertiary/aromatic N) is 2. The maximum absolute atomic E-state index is 12.5. The smallest absolute Gasteiger partial charge is 0.251 e. The Morgan fingerprint density at radius 3 is 2.70 bits per heavy atom. The van der Waals surface area contributed by atoms with Crippen LogP contribution in [0.4, 0.5) is 5.69 Å². The first-order valence-electron chi connectivity index (χ1n) is 8.92. The second kappa shape index (κ2) is 8.21. The van der Waals surface area contributed by atoms with Crippen molar-refractivity contribution in [2.24, 2.45) is 0 Å². The van der Waals surface area contributed by atoms with Crippen LogP contribution in [0.25, 0.3) is 9.88 Å². The van der Waals surface area contributed by atoms with Gasteiger partial charge in [0.1, 0.15) is 5.01 Å². The number of nitrogens with one attached hydrogen (secondary N) is 1. The molecule has 1 aliphatic heterocycles. The number of anilines is 1. The summed E-state index contributed by atoms with van der Waals surface area (Å²) in [5.74, 6) is -0.0611. The van der Waals surface area contributed by atoms with Crippen molar-refractivity contribution in [2.45, 2.75) is 13.5 Å². The summed E-state index contributed by atoms with van der Waals surface area (Å²) < 4.78 is 5.38. The minimum absolute atomic E-state index is 0.0611. The molecule has 5 nitrogen and oxygen atoms in total. The number of amides is 1. The molecule has 0 saturated carbocycles. The molecule has 3 heterocycles. The number of benzene rings is 1. The molecule has 27 heavy (non-hydrogen) atoms. The molecule has 1 aromatic carbocycles. The normalized spacial score (nSPS) is 14.3. The van der Waals surface area contributed by atoms with E-state index in [1.807, 2.05) is 42.6 Å². The van der Waals surface area contributed by atoms with E-state index in [1.54, 1.807) is 22.7 Å². The van der Waals surface area contributed by atoms with E-state index in [-0.39, 0.29) is 5.91 Å². The van der Waals surface area contributed by atoms with Gasteiger partial charge in [0.25, 0.3) is 5.91 Å². The molecule has 4 rings (SSSR count). The second-order valence-electron chi connectivity index (χ2n) is 6.33. The van der Waals surface area contributed by atoms with Crippen LogP contribution in [0.3, 0.4) is 0 Å². The van der Waals surface area contributed by atoms with Gasteiger partial charge in [0.05, 0.1) is 30.3 Å². The molecule has 0 radical (unpaired) electrons. The molecule has 1 aliphatic rings. The Hall–Kier alpha value is -2.22. The highest BCUT2D eigenvalue weighted by Gasteiger charge is 2.14. The van der Waals surface area contributed by atoms with Crippen molar-refractivity contribution in [1.82, 2.24) is 10.3 Å². The third-order valence-electron chi connectivity index (χ3n) is 4.54. The van der Waals surface area contributed by atoms with Crippen LogP contribution in [0, 0.1) is 6.92 Å². The van der Waals surface area contributed by atoms with E-state index in [0.717, 1.165) is 47.6 Å². The van der Waals surface area contributed by atoms with E-state index in [1.165, 1.54) is 4.88 Å². The van der Waals surface area contributed by atoms with E-state index in [2.05, 4.69) is 21.3 Å². The van der Waals surface area contributed by atoms with Gasteiger partial charge < -0.3 is 15.0 Å². The zero-order chi connectivity index (χ0) is 18.6. The van der Waals surface area contributed by atoms with Crippen LogP contribution in [0.5, 0.6) is 0 Å². The molecule has 0 aliphatic carbocycles. The zero-order valence-electron chi connectivity index (χ0n) is 15.1. The van der Waals surface area contributed by atoms with E-state index in [0.29, 0.717) is 12.1 Å². The van der Waals surface area contributed by atoms with Crippen molar-refractivity contribution < 1.29 is 9.53 Å². The molecule has 7 heteroatoms. The van der Waals surface area contributed by atoms with Crippen LogP contribution in [0.2, 0.25) is 0 Å². The molecule has 1 amide bonds. The molecule has 1 fully saturated rings. The second-order valence-corrected chi connectivity index (χ2v) is 8.37. The average Bonchev–Trinajstić information content (AvgIpc) is 3.37. The maximum atomic E-state index is 12.5. The lowest BCUT2D eigenvalue weighted by Crippen LogP contribution is -2.36. The highest BCUT2D eigenvalue weighted by atomic mass is 32.1. The number of aryl methyl sites for hydroxylation is 1. The van der Waals surface area contributed by atoms with Crippen molar-refractivity contribution in [1.29, 1.82) is 0 Å². The molecule has 0 atom stereocenters. The fourth-order valence-electron chi connectivity index (χ4n) is 3.01. The number of rotatable bonds is 5. The maximum Gasteiger partial charge on any atom is 0.251 e. The highest BCUT2D eigenvalue weighted by Crippen LogP contribution is 2.31. The molecule has 0 spiro atoms. The van der Waals surface area contributed by atoms with Crippen LogP contribution in [0.1, 0.15) is 20.9 Å². The summed E-state index contributed by atoms with van der Waals surface area (Å²) in [6.07, 6.45) is 0. The van der Waals surface area contributed by atoms with Crippen molar-refractivity contribution in [3.05, 3.63) is 57.9 Å². The largest absolute Gasteiger partial charge is 0.378 e. The van der Waals surface area contributed by atoms with Gasteiger partial charge in [-0.2, -0.15) is 0 Å². The Morgan fingerprint density at radius 2 is 2.00 bits per heavy atom. The fraction of sp³-hybridized carbons (Fsp3) is 0.300. The quantitative estimate of drug-likeness (QED) is 0.706. The van der Waals surface area contributed by atoms with E-state index >= 15 is 0 Å². The third kappa shape index (κ3) is 4.21. The number of thiophene rings is 1. The number of morpholine rings is 1. The first-order chi connectivity index (χ1) is 13.2. The van der Waals surface area contributed by atoms with Crippen molar-refractivity contribution in [3.63, 3.8) is 0 Å². The first kappa shape index (κ1) is 18.2. The number of thiazole rings is 1. The van der Waals surface area contributed by atoms with Crippen molar-refractivity contribution in [3.8, 4) is 9.88 Å². The molecule has 0 bridgehead atoms.